The molecular formula is C18H21N3O4. The van der Waals surface area contributed by atoms with Gasteiger partial charge in [-0.2, -0.15) is 0 Å². The van der Waals surface area contributed by atoms with Gasteiger partial charge in [-0.05, 0) is 43.6 Å². The van der Waals surface area contributed by atoms with E-state index in [-0.39, 0.29) is 24.1 Å². The number of carbonyl (C=O) groups excluding carboxylic acids is 1. The minimum absolute atomic E-state index is 0.0241. The van der Waals surface area contributed by atoms with Crippen LogP contribution in [0.2, 0.25) is 0 Å². The molecule has 1 saturated heterocycles. The first kappa shape index (κ1) is 17.2. The highest BCUT2D eigenvalue weighted by molar-refractivity contribution is 5.78. The number of hydrogen-bond acceptors (Lipinski definition) is 5. The smallest absolute Gasteiger partial charge is 0.269 e. The molecule has 25 heavy (non-hydrogen) atoms. The number of carbonyl (C=O) groups is 1. The summed E-state index contributed by atoms with van der Waals surface area (Å²) < 4.78 is 5.54. The Bertz CT molecular complexity index is 706. The van der Waals surface area contributed by atoms with Gasteiger partial charge >= 0.3 is 0 Å². The van der Waals surface area contributed by atoms with Crippen molar-refractivity contribution in [1.82, 2.24) is 10.2 Å². The van der Waals surface area contributed by atoms with Crippen LogP contribution in [0.25, 0.3) is 0 Å². The van der Waals surface area contributed by atoms with Crippen molar-refractivity contribution in [1.29, 1.82) is 0 Å². The molecule has 0 aliphatic carbocycles. The Hall–Kier alpha value is -2.67. The maximum Gasteiger partial charge on any atom is 0.269 e. The molecule has 7 heteroatoms. The maximum atomic E-state index is 12.2. The van der Waals surface area contributed by atoms with Crippen LogP contribution in [0.5, 0.6) is 0 Å². The van der Waals surface area contributed by atoms with E-state index in [1.807, 2.05) is 12.1 Å². The zero-order chi connectivity index (χ0) is 17.6. The normalized spacial score (nSPS) is 15.8. The van der Waals surface area contributed by atoms with Crippen molar-refractivity contribution in [3.05, 3.63) is 64.1 Å². The van der Waals surface area contributed by atoms with Gasteiger partial charge in [-0.15, -0.1) is 0 Å². The molecule has 0 bridgehead atoms. The van der Waals surface area contributed by atoms with Gasteiger partial charge in [0.1, 0.15) is 5.76 Å². The Morgan fingerprint density at radius 2 is 1.96 bits per heavy atom. The standard InChI is InChI=1S/C18H21N3O4/c22-18(12-14-5-7-15(8-6-14)21(23)24)19-13-16(17-4-3-11-25-17)20-9-1-2-10-20/h3-8,11,16H,1-2,9-10,12-13H2,(H,19,22)/t16-/m1/s1. The van der Waals surface area contributed by atoms with Crippen molar-refractivity contribution in [2.24, 2.45) is 0 Å². The van der Waals surface area contributed by atoms with Gasteiger partial charge in [0.05, 0.1) is 23.6 Å². The van der Waals surface area contributed by atoms with Crippen molar-refractivity contribution < 1.29 is 14.1 Å². The molecule has 2 heterocycles. The Labute approximate surface area is 145 Å². The number of non-ortho nitro benzene ring substituents is 1. The summed E-state index contributed by atoms with van der Waals surface area (Å²) in [6.07, 6.45) is 4.17. The third kappa shape index (κ3) is 4.45. The van der Waals surface area contributed by atoms with Gasteiger partial charge in [-0.25, -0.2) is 0 Å². The fourth-order valence-electron chi connectivity index (χ4n) is 3.14. The molecule has 3 rings (SSSR count). The molecule has 0 radical (unpaired) electrons. The van der Waals surface area contributed by atoms with E-state index >= 15 is 0 Å². The second-order valence-corrected chi connectivity index (χ2v) is 6.18. The topological polar surface area (TPSA) is 88.6 Å². The van der Waals surface area contributed by atoms with Gasteiger partial charge in [-0.1, -0.05) is 12.1 Å². The summed E-state index contributed by atoms with van der Waals surface area (Å²) in [4.78, 5) is 24.8. The highest BCUT2D eigenvalue weighted by atomic mass is 16.6. The number of furan rings is 1. The number of nitrogens with zero attached hydrogens (tertiary/aromatic N) is 2. The van der Waals surface area contributed by atoms with Crippen LogP contribution in [0, 0.1) is 10.1 Å². The lowest BCUT2D eigenvalue weighted by Crippen LogP contribution is -2.37. The molecule has 0 saturated carbocycles. The molecule has 1 atom stereocenters. The lowest BCUT2D eigenvalue weighted by atomic mass is 10.1. The van der Waals surface area contributed by atoms with Crippen LogP contribution < -0.4 is 5.32 Å². The number of nitro benzene ring substituents is 1. The average Bonchev–Trinajstić information content (AvgIpc) is 3.29. The molecule has 7 nitrogen and oxygen atoms in total. The van der Waals surface area contributed by atoms with Gasteiger partial charge < -0.3 is 9.73 Å². The molecular weight excluding hydrogens is 322 g/mol. The van der Waals surface area contributed by atoms with Crippen LogP contribution in [0.1, 0.15) is 30.2 Å². The summed E-state index contributed by atoms with van der Waals surface area (Å²) in [5.74, 6) is 0.752. The van der Waals surface area contributed by atoms with Crippen LogP contribution >= 0.6 is 0 Å². The third-order valence-electron chi connectivity index (χ3n) is 4.46. The van der Waals surface area contributed by atoms with Crippen LogP contribution in [0.4, 0.5) is 5.69 Å². The minimum Gasteiger partial charge on any atom is -0.468 e. The molecule has 1 fully saturated rings. The van der Waals surface area contributed by atoms with E-state index in [1.54, 1.807) is 18.4 Å². The quantitative estimate of drug-likeness (QED) is 0.617. The van der Waals surface area contributed by atoms with Crippen molar-refractivity contribution in [2.45, 2.75) is 25.3 Å². The first-order valence-corrected chi connectivity index (χ1v) is 8.41. The first-order valence-electron chi connectivity index (χ1n) is 8.41. The number of nitro groups is 1. The van der Waals surface area contributed by atoms with Gasteiger partial charge in [0, 0.05) is 18.7 Å². The number of likely N-dealkylation sites (tertiary alicyclic amines) is 1. The zero-order valence-electron chi connectivity index (χ0n) is 13.9. The molecule has 1 N–H and O–H groups in total. The zero-order valence-corrected chi connectivity index (χ0v) is 13.9. The van der Waals surface area contributed by atoms with Crippen LogP contribution in [-0.4, -0.2) is 35.4 Å². The number of amides is 1. The highest BCUT2D eigenvalue weighted by Crippen LogP contribution is 2.24. The molecule has 0 spiro atoms. The molecule has 0 unspecified atom stereocenters. The number of hydrogen-bond donors (Lipinski definition) is 1. The van der Waals surface area contributed by atoms with E-state index in [0.717, 1.165) is 37.3 Å². The summed E-state index contributed by atoms with van der Waals surface area (Å²) in [5.41, 5.74) is 0.773. The average molecular weight is 343 g/mol. The summed E-state index contributed by atoms with van der Waals surface area (Å²) in [7, 11) is 0. The molecule has 1 aliphatic heterocycles. The van der Waals surface area contributed by atoms with E-state index < -0.39 is 4.92 Å². The van der Waals surface area contributed by atoms with Gasteiger partial charge in [0.2, 0.25) is 5.91 Å². The van der Waals surface area contributed by atoms with E-state index in [4.69, 9.17) is 4.42 Å². The first-order chi connectivity index (χ1) is 12.1. The molecule has 1 aromatic carbocycles. The Morgan fingerprint density at radius 1 is 1.24 bits per heavy atom. The molecule has 1 aromatic heterocycles. The SMILES string of the molecule is O=C(Cc1ccc([N+](=O)[O-])cc1)NC[C@H](c1ccco1)N1CCCC1. The van der Waals surface area contributed by atoms with Crippen molar-refractivity contribution >= 4 is 11.6 Å². The second kappa shape index (κ2) is 7.94. The largest absolute Gasteiger partial charge is 0.468 e. The maximum absolute atomic E-state index is 12.2. The van der Waals surface area contributed by atoms with Gasteiger partial charge in [0.25, 0.3) is 5.69 Å². The van der Waals surface area contributed by atoms with E-state index in [1.165, 1.54) is 12.1 Å². The summed E-state index contributed by atoms with van der Waals surface area (Å²) in [6.45, 7) is 2.49. The van der Waals surface area contributed by atoms with Gasteiger partial charge in [-0.3, -0.25) is 19.8 Å². The third-order valence-corrected chi connectivity index (χ3v) is 4.46. The molecule has 2 aromatic rings. The number of rotatable bonds is 7. The van der Waals surface area contributed by atoms with E-state index in [2.05, 4.69) is 10.2 Å². The summed E-state index contributed by atoms with van der Waals surface area (Å²) in [5, 5.41) is 13.6. The van der Waals surface area contributed by atoms with Crippen LogP contribution in [-0.2, 0) is 11.2 Å². The summed E-state index contributed by atoms with van der Waals surface area (Å²) in [6, 6.07) is 9.89. The lowest BCUT2D eigenvalue weighted by Gasteiger charge is -2.26. The summed E-state index contributed by atoms with van der Waals surface area (Å²) >= 11 is 0. The minimum atomic E-state index is -0.451. The predicted octanol–water partition coefficient (Wildman–Crippen LogP) is 2.68. The Morgan fingerprint density at radius 3 is 2.56 bits per heavy atom. The van der Waals surface area contributed by atoms with Gasteiger partial charge in [0.15, 0.2) is 0 Å². The van der Waals surface area contributed by atoms with Crippen LogP contribution in [0.3, 0.4) is 0 Å². The monoisotopic (exact) mass is 343 g/mol. The molecule has 1 aliphatic rings. The Kier molecular flexibility index (Phi) is 5.45. The fourth-order valence-corrected chi connectivity index (χ4v) is 3.14. The fraction of sp³-hybridized carbons (Fsp3) is 0.389. The molecule has 132 valence electrons. The Balaban J connectivity index is 1.57. The van der Waals surface area contributed by atoms with Crippen molar-refractivity contribution in [2.75, 3.05) is 19.6 Å². The highest BCUT2D eigenvalue weighted by Gasteiger charge is 2.25. The van der Waals surface area contributed by atoms with Crippen LogP contribution in [0.15, 0.2) is 47.1 Å². The van der Waals surface area contributed by atoms with E-state index in [0.29, 0.717) is 6.54 Å². The predicted molar refractivity (Wildman–Crippen MR) is 92.1 cm³/mol. The number of nitrogens with one attached hydrogen (secondary N) is 1. The lowest BCUT2D eigenvalue weighted by molar-refractivity contribution is -0.384. The number of benzene rings is 1. The van der Waals surface area contributed by atoms with Crippen molar-refractivity contribution in [3.8, 4) is 0 Å². The molecule has 1 amide bonds. The second-order valence-electron chi connectivity index (χ2n) is 6.18. The van der Waals surface area contributed by atoms with Crippen molar-refractivity contribution in [3.63, 3.8) is 0 Å². The van der Waals surface area contributed by atoms with E-state index in [9.17, 15) is 14.9 Å².